The summed E-state index contributed by atoms with van der Waals surface area (Å²) < 4.78 is 0. The lowest BCUT2D eigenvalue weighted by molar-refractivity contribution is -0.123. The van der Waals surface area contributed by atoms with Crippen LogP contribution in [0.1, 0.15) is 28.8 Å². The van der Waals surface area contributed by atoms with Crippen LogP contribution in [0.15, 0.2) is 24.3 Å². The monoisotopic (exact) mass is 276 g/mol. The van der Waals surface area contributed by atoms with E-state index in [4.69, 9.17) is 11.6 Å². The van der Waals surface area contributed by atoms with E-state index in [1.54, 1.807) is 12.1 Å². The summed E-state index contributed by atoms with van der Waals surface area (Å²) in [5.41, 5.74) is 9.10. The molecule has 1 aliphatic rings. The van der Waals surface area contributed by atoms with E-state index in [-0.39, 0.29) is 17.7 Å². The summed E-state index contributed by atoms with van der Waals surface area (Å²) in [6.45, 7) is 2.43. The molecule has 0 bridgehead atoms. The smallest absolute Gasteiger partial charge is 0.265 e. The average Bonchev–Trinajstić information content (AvgIpc) is 2.47. The van der Waals surface area contributed by atoms with Crippen LogP contribution in [0.5, 0.6) is 0 Å². The Labute approximate surface area is 118 Å². The number of rotatable bonds is 4. The number of nitrogen functional groups attached to an aromatic ring is 1. The third kappa shape index (κ3) is 3.55. The summed E-state index contributed by atoms with van der Waals surface area (Å²) in [6.07, 6.45) is 1.86. The van der Waals surface area contributed by atoms with Gasteiger partial charge in [0.05, 0.1) is 5.92 Å². The molecule has 2 amide bonds. The molecule has 0 radical (unpaired) electrons. The zero-order valence-electron chi connectivity index (χ0n) is 11.3. The fourth-order valence-electron chi connectivity index (χ4n) is 2.53. The molecule has 1 saturated heterocycles. The number of carbonyl (C=O) groups excluding carboxylic acids is 2. The van der Waals surface area contributed by atoms with Crippen molar-refractivity contribution in [3.05, 3.63) is 35.4 Å². The summed E-state index contributed by atoms with van der Waals surface area (Å²) in [7, 11) is 0. The van der Waals surface area contributed by atoms with E-state index in [1.165, 1.54) is 0 Å². The van der Waals surface area contributed by atoms with Gasteiger partial charge >= 0.3 is 0 Å². The van der Waals surface area contributed by atoms with E-state index in [9.17, 15) is 9.59 Å². The van der Waals surface area contributed by atoms with Crippen LogP contribution in [0.25, 0.3) is 0 Å². The lowest BCUT2D eigenvalue weighted by Crippen LogP contribution is -2.40. The predicted octanol–water partition coefficient (Wildman–Crippen LogP) is -0.0126. The maximum Gasteiger partial charge on any atom is 0.265 e. The van der Waals surface area contributed by atoms with Gasteiger partial charge in [-0.3, -0.25) is 19.9 Å². The van der Waals surface area contributed by atoms with Crippen LogP contribution in [-0.4, -0.2) is 29.8 Å². The summed E-state index contributed by atoms with van der Waals surface area (Å²) in [4.78, 5) is 24.8. The van der Waals surface area contributed by atoms with Gasteiger partial charge in [0.1, 0.15) is 0 Å². The Bertz CT molecular complexity index is 486. The summed E-state index contributed by atoms with van der Waals surface area (Å²) in [6, 6.07) is 7.29. The van der Waals surface area contributed by atoms with Crippen LogP contribution in [0.2, 0.25) is 0 Å². The van der Waals surface area contributed by atoms with E-state index >= 15 is 0 Å². The number of hydrogen-bond donors (Lipinski definition) is 3. The molecule has 0 saturated carbocycles. The van der Waals surface area contributed by atoms with Gasteiger partial charge in [-0.15, -0.1) is 0 Å². The van der Waals surface area contributed by atoms with Gasteiger partial charge in [0.15, 0.2) is 0 Å². The number of amides is 2. The minimum Gasteiger partial charge on any atom is -0.369 e. The second-order valence-corrected chi connectivity index (χ2v) is 5.15. The van der Waals surface area contributed by atoms with Crippen molar-refractivity contribution < 1.29 is 9.59 Å². The molecule has 20 heavy (non-hydrogen) atoms. The standard InChI is InChI=1S/C14H20N4O2/c15-13(19)12-2-1-7-18(9-12)8-10-3-5-11(6-4-10)14(20)17-16/h3-6,12H,1-2,7-9,16H2,(H2,15,19)(H,17,20). The van der Waals surface area contributed by atoms with Crippen molar-refractivity contribution in [1.82, 2.24) is 10.3 Å². The van der Waals surface area contributed by atoms with E-state index in [1.807, 2.05) is 12.1 Å². The number of piperidine rings is 1. The highest BCUT2D eigenvalue weighted by Crippen LogP contribution is 2.18. The Kier molecular flexibility index (Phi) is 4.70. The van der Waals surface area contributed by atoms with Crippen LogP contribution in [0.4, 0.5) is 0 Å². The third-order valence-electron chi connectivity index (χ3n) is 3.66. The van der Waals surface area contributed by atoms with E-state index in [0.717, 1.165) is 31.5 Å². The molecule has 1 atom stereocenters. The fraction of sp³-hybridized carbons (Fsp3) is 0.429. The maximum atomic E-state index is 11.3. The van der Waals surface area contributed by atoms with Crippen molar-refractivity contribution in [3.63, 3.8) is 0 Å². The van der Waals surface area contributed by atoms with Crippen LogP contribution in [-0.2, 0) is 11.3 Å². The molecule has 1 aromatic carbocycles. The molecule has 0 aromatic heterocycles. The number of likely N-dealkylation sites (tertiary alicyclic amines) is 1. The summed E-state index contributed by atoms with van der Waals surface area (Å²) >= 11 is 0. The average molecular weight is 276 g/mol. The van der Waals surface area contributed by atoms with Gasteiger partial charge in [-0.05, 0) is 37.1 Å². The topological polar surface area (TPSA) is 101 Å². The number of hydrazine groups is 1. The van der Waals surface area contributed by atoms with Crippen molar-refractivity contribution >= 4 is 11.8 Å². The molecule has 1 aromatic rings. The second-order valence-electron chi connectivity index (χ2n) is 5.15. The molecule has 0 aliphatic carbocycles. The zero-order valence-corrected chi connectivity index (χ0v) is 11.3. The lowest BCUT2D eigenvalue weighted by atomic mass is 9.97. The Balaban J connectivity index is 1.96. The Morgan fingerprint density at radius 3 is 2.60 bits per heavy atom. The Morgan fingerprint density at radius 2 is 2.00 bits per heavy atom. The second kappa shape index (κ2) is 6.49. The molecule has 1 fully saturated rings. The first-order valence-electron chi connectivity index (χ1n) is 6.71. The number of nitrogens with two attached hydrogens (primary N) is 2. The molecule has 2 rings (SSSR count). The number of hydrogen-bond acceptors (Lipinski definition) is 4. The number of benzene rings is 1. The normalized spacial score (nSPS) is 19.6. The van der Waals surface area contributed by atoms with Crippen molar-refractivity contribution in [3.8, 4) is 0 Å². The van der Waals surface area contributed by atoms with Crippen molar-refractivity contribution in [2.24, 2.45) is 17.5 Å². The number of carbonyl (C=O) groups is 2. The number of nitrogens with zero attached hydrogens (tertiary/aromatic N) is 1. The zero-order chi connectivity index (χ0) is 14.5. The predicted molar refractivity (Wildman–Crippen MR) is 75.3 cm³/mol. The summed E-state index contributed by atoms with van der Waals surface area (Å²) in [5, 5.41) is 0. The van der Waals surface area contributed by atoms with Gasteiger partial charge in [-0.25, -0.2) is 5.84 Å². The maximum absolute atomic E-state index is 11.3. The van der Waals surface area contributed by atoms with Crippen LogP contribution in [0, 0.1) is 5.92 Å². The van der Waals surface area contributed by atoms with E-state index < -0.39 is 0 Å². The largest absolute Gasteiger partial charge is 0.369 e. The van der Waals surface area contributed by atoms with E-state index in [2.05, 4.69) is 10.3 Å². The van der Waals surface area contributed by atoms with Gasteiger partial charge in [-0.2, -0.15) is 0 Å². The molecular weight excluding hydrogens is 256 g/mol. The molecule has 5 N–H and O–H groups in total. The van der Waals surface area contributed by atoms with Gasteiger partial charge in [0.2, 0.25) is 5.91 Å². The molecule has 1 heterocycles. The van der Waals surface area contributed by atoms with E-state index in [0.29, 0.717) is 12.1 Å². The highest BCUT2D eigenvalue weighted by molar-refractivity contribution is 5.93. The third-order valence-corrected chi connectivity index (χ3v) is 3.66. The Morgan fingerprint density at radius 1 is 1.30 bits per heavy atom. The molecule has 0 spiro atoms. The first-order chi connectivity index (χ1) is 9.60. The molecule has 1 unspecified atom stereocenters. The van der Waals surface area contributed by atoms with Gasteiger partial charge < -0.3 is 5.73 Å². The molecule has 6 nitrogen and oxygen atoms in total. The Hall–Kier alpha value is -1.92. The van der Waals surface area contributed by atoms with Crippen LogP contribution in [0.3, 0.4) is 0 Å². The van der Waals surface area contributed by atoms with Crippen LogP contribution < -0.4 is 17.0 Å². The van der Waals surface area contributed by atoms with Gasteiger partial charge in [0.25, 0.3) is 5.91 Å². The highest BCUT2D eigenvalue weighted by Gasteiger charge is 2.23. The quantitative estimate of drug-likeness (QED) is 0.409. The summed E-state index contributed by atoms with van der Waals surface area (Å²) in [5.74, 6) is 4.51. The van der Waals surface area contributed by atoms with Gasteiger partial charge in [0, 0.05) is 18.7 Å². The lowest BCUT2D eigenvalue weighted by Gasteiger charge is -2.31. The molecular formula is C14H20N4O2. The van der Waals surface area contributed by atoms with Crippen molar-refractivity contribution in [2.75, 3.05) is 13.1 Å². The molecule has 6 heteroatoms. The minimum absolute atomic E-state index is 0.0500. The van der Waals surface area contributed by atoms with Gasteiger partial charge in [-0.1, -0.05) is 12.1 Å². The SMILES string of the molecule is NNC(=O)c1ccc(CN2CCCC(C(N)=O)C2)cc1. The number of nitrogens with one attached hydrogen (secondary N) is 1. The van der Waals surface area contributed by atoms with Crippen molar-refractivity contribution in [2.45, 2.75) is 19.4 Å². The highest BCUT2D eigenvalue weighted by atomic mass is 16.2. The molecule has 108 valence electrons. The van der Waals surface area contributed by atoms with Crippen LogP contribution >= 0.6 is 0 Å². The fourth-order valence-corrected chi connectivity index (χ4v) is 2.53. The minimum atomic E-state index is -0.302. The number of primary amides is 1. The first kappa shape index (κ1) is 14.5. The van der Waals surface area contributed by atoms with Crippen molar-refractivity contribution in [1.29, 1.82) is 0 Å². The first-order valence-corrected chi connectivity index (χ1v) is 6.71. The molecule has 1 aliphatic heterocycles.